The number of anilines is 1. The number of amides is 1. The highest BCUT2D eigenvalue weighted by Gasteiger charge is 2.10. The van der Waals surface area contributed by atoms with Crippen LogP contribution >= 0.6 is 11.3 Å². The summed E-state index contributed by atoms with van der Waals surface area (Å²) in [4.78, 5) is 16.1. The van der Waals surface area contributed by atoms with Crippen molar-refractivity contribution >= 4 is 32.4 Å². The molecule has 124 valence electrons. The average Bonchev–Trinajstić information content (AvgIpc) is 2.95. The molecule has 1 aromatic carbocycles. The number of thiazole rings is 1. The van der Waals surface area contributed by atoms with Crippen LogP contribution in [0.25, 0.3) is 11.3 Å². The van der Waals surface area contributed by atoms with Gasteiger partial charge in [0, 0.05) is 17.2 Å². The van der Waals surface area contributed by atoms with Crippen molar-refractivity contribution in [3.05, 3.63) is 29.6 Å². The Kier molecular flexibility index (Phi) is 5.73. The zero-order valence-electron chi connectivity index (χ0n) is 12.9. The Bertz CT molecular complexity index is 767. The lowest BCUT2D eigenvalue weighted by Gasteiger charge is -2.03. The summed E-state index contributed by atoms with van der Waals surface area (Å²) >= 11 is 1.28. The Morgan fingerprint density at radius 2 is 2.00 bits per heavy atom. The zero-order chi connectivity index (χ0) is 16.9. The van der Waals surface area contributed by atoms with Gasteiger partial charge in [-0.1, -0.05) is 25.5 Å². The van der Waals surface area contributed by atoms with Crippen molar-refractivity contribution < 1.29 is 17.9 Å². The SMILES string of the molecule is CCCCOC(=O)Nc1nc(-c2ccc(S(C)(=O)=O)cc2)cs1. The number of carbonyl (C=O) groups is 1. The molecule has 0 unspecified atom stereocenters. The first-order valence-electron chi connectivity index (χ1n) is 7.10. The molecule has 1 aromatic heterocycles. The quantitative estimate of drug-likeness (QED) is 0.802. The molecular weight excluding hydrogens is 336 g/mol. The monoisotopic (exact) mass is 354 g/mol. The highest BCUT2D eigenvalue weighted by atomic mass is 32.2. The number of benzene rings is 1. The Hall–Kier alpha value is -1.93. The van der Waals surface area contributed by atoms with Gasteiger partial charge in [0.2, 0.25) is 0 Å². The molecule has 6 nitrogen and oxygen atoms in total. The maximum Gasteiger partial charge on any atom is 0.413 e. The lowest BCUT2D eigenvalue weighted by molar-refractivity contribution is 0.160. The largest absolute Gasteiger partial charge is 0.449 e. The second-order valence-corrected chi connectivity index (χ2v) is 7.82. The van der Waals surface area contributed by atoms with Gasteiger partial charge >= 0.3 is 6.09 Å². The van der Waals surface area contributed by atoms with Gasteiger partial charge in [-0.3, -0.25) is 5.32 Å². The second-order valence-electron chi connectivity index (χ2n) is 4.95. The van der Waals surface area contributed by atoms with E-state index in [1.54, 1.807) is 17.5 Å². The van der Waals surface area contributed by atoms with Crippen molar-refractivity contribution in [2.45, 2.75) is 24.7 Å². The van der Waals surface area contributed by atoms with E-state index in [4.69, 9.17) is 4.74 Å². The van der Waals surface area contributed by atoms with Gasteiger partial charge in [-0.05, 0) is 18.6 Å². The summed E-state index contributed by atoms with van der Waals surface area (Å²) < 4.78 is 27.9. The van der Waals surface area contributed by atoms with Crippen LogP contribution in [0.5, 0.6) is 0 Å². The standard InChI is InChI=1S/C15H18N2O4S2/c1-3-4-9-21-15(18)17-14-16-13(10-22-14)11-5-7-12(8-6-11)23(2,19)20/h5-8,10H,3-4,9H2,1-2H3,(H,16,17,18). The number of sulfone groups is 1. The molecule has 0 saturated heterocycles. The molecule has 2 rings (SSSR count). The van der Waals surface area contributed by atoms with E-state index in [0.29, 0.717) is 17.4 Å². The maximum atomic E-state index is 11.6. The van der Waals surface area contributed by atoms with Crippen LogP contribution in [0, 0.1) is 0 Å². The van der Waals surface area contributed by atoms with Gasteiger partial charge in [0.25, 0.3) is 0 Å². The predicted molar refractivity (Wildman–Crippen MR) is 90.5 cm³/mol. The van der Waals surface area contributed by atoms with Gasteiger partial charge < -0.3 is 4.74 Å². The lowest BCUT2D eigenvalue weighted by Crippen LogP contribution is -2.14. The van der Waals surface area contributed by atoms with E-state index in [0.717, 1.165) is 24.7 Å². The number of rotatable bonds is 6. The molecule has 0 aliphatic carbocycles. The molecule has 0 radical (unpaired) electrons. The minimum atomic E-state index is -3.21. The highest BCUT2D eigenvalue weighted by molar-refractivity contribution is 7.90. The van der Waals surface area contributed by atoms with E-state index in [-0.39, 0.29) is 4.90 Å². The molecule has 0 atom stereocenters. The molecule has 0 aliphatic rings. The van der Waals surface area contributed by atoms with Crippen LogP contribution in [-0.4, -0.2) is 32.4 Å². The fourth-order valence-electron chi connectivity index (χ4n) is 1.77. The maximum absolute atomic E-state index is 11.6. The molecule has 0 bridgehead atoms. The number of aromatic nitrogens is 1. The number of hydrogen-bond donors (Lipinski definition) is 1. The third-order valence-corrected chi connectivity index (χ3v) is 4.91. The molecule has 23 heavy (non-hydrogen) atoms. The van der Waals surface area contributed by atoms with Crippen LogP contribution in [0.4, 0.5) is 9.93 Å². The van der Waals surface area contributed by atoms with E-state index in [2.05, 4.69) is 10.3 Å². The highest BCUT2D eigenvalue weighted by Crippen LogP contribution is 2.26. The summed E-state index contributed by atoms with van der Waals surface area (Å²) in [5.41, 5.74) is 1.44. The Morgan fingerprint density at radius 1 is 1.30 bits per heavy atom. The average molecular weight is 354 g/mol. The molecule has 0 spiro atoms. The minimum absolute atomic E-state index is 0.259. The molecule has 0 aliphatic heterocycles. The summed E-state index contributed by atoms with van der Waals surface area (Å²) in [7, 11) is -3.21. The topological polar surface area (TPSA) is 85.4 Å². The summed E-state index contributed by atoms with van der Waals surface area (Å²) in [6.45, 7) is 2.40. The van der Waals surface area contributed by atoms with Crippen LogP contribution < -0.4 is 5.32 Å². The Balaban J connectivity index is 2.03. The van der Waals surface area contributed by atoms with Crippen LogP contribution in [0.2, 0.25) is 0 Å². The van der Waals surface area contributed by atoms with E-state index < -0.39 is 15.9 Å². The second kappa shape index (κ2) is 7.56. The molecule has 0 fully saturated rings. The van der Waals surface area contributed by atoms with Crippen molar-refractivity contribution in [3.63, 3.8) is 0 Å². The minimum Gasteiger partial charge on any atom is -0.449 e. The van der Waals surface area contributed by atoms with Gasteiger partial charge in [0.1, 0.15) is 0 Å². The lowest BCUT2D eigenvalue weighted by atomic mass is 10.2. The number of nitrogens with one attached hydrogen (secondary N) is 1. The van der Waals surface area contributed by atoms with Crippen LogP contribution in [0.3, 0.4) is 0 Å². The van der Waals surface area contributed by atoms with E-state index >= 15 is 0 Å². The van der Waals surface area contributed by atoms with Crippen LogP contribution in [-0.2, 0) is 14.6 Å². The number of carbonyl (C=O) groups excluding carboxylic acids is 1. The number of ether oxygens (including phenoxy) is 1. The van der Waals surface area contributed by atoms with E-state index in [1.165, 1.54) is 23.5 Å². The number of hydrogen-bond acceptors (Lipinski definition) is 6. The van der Waals surface area contributed by atoms with E-state index in [1.807, 2.05) is 6.92 Å². The normalized spacial score (nSPS) is 11.2. The third-order valence-electron chi connectivity index (χ3n) is 3.02. The molecule has 1 heterocycles. The first kappa shape index (κ1) is 17.4. The molecular formula is C15H18N2O4S2. The summed E-state index contributed by atoms with van der Waals surface area (Å²) in [6, 6.07) is 6.45. The third kappa shape index (κ3) is 5.04. The fourth-order valence-corrected chi connectivity index (χ4v) is 3.11. The van der Waals surface area contributed by atoms with Gasteiger partial charge in [0.05, 0.1) is 17.2 Å². The molecule has 8 heteroatoms. The van der Waals surface area contributed by atoms with Crippen molar-refractivity contribution in [1.82, 2.24) is 4.98 Å². The Morgan fingerprint density at radius 3 is 2.61 bits per heavy atom. The summed E-state index contributed by atoms with van der Waals surface area (Å²) in [6.07, 6.45) is 2.42. The van der Waals surface area contributed by atoms with Gasteiger partial charge in [-0.25, -0.2) is 18.2 Å². The van der Waals surface area contributed by atoms with Crippen molar-refractivity contribution in [1.29, 1.82) is 0 Å². The van der Waals surface area contributed by atoms with Crippen molar-refractivity contribution in [2.75, 3.05) is 18.2 Å². The van der Waals surface area contributed by atoms with Gasteiger partial charge in [-0.15, -0.1) is 11.3 Å². The molecule has 2 aromatic rings. The first-order chi connectivity index (χ1) is 10.9. The molecule has 1 N–H and O–H groups in total. The smallest absolute Gasteiger partial charge is 0.413 e. The number of unbranched alkanes of at least 4 members (excludes halogenated alkanes) is 1. The predicted octanol–water partition coefficient (Wildman–Crippen LogP) is 3.56. The van der Waals surface area contributed by atoms with E-state index in [9.17, 15) is 13.2 Å². The van der Waals surface area contributed by atoms with Gasteiger partial charge in [0.15, 0.2) is 15.0 Å². The van der Waals surface area contributed by atoms with Crippen LogP contribution in [0.1, 0.15) is 19.8 Å². The molecule has 1 amide bonds. The fraction of sp³-hybridized carbons (Fsp3) is 0.333. The summed E-state index contributed by atoms with van der Waals surface area (Å²) in [5.74, 6) is 0. The van der Waals surface area contributed by atoms with Crippen LogP contribution in [0.15, 0.2) is 34.5 Å². The zero-order valence-corrected chi connectivity index (χ0v) is 14.5. The summed E-state index contributed by atoms with van der Waals surface area (Å²) in [5, 5.41) is 4.80. The van der Waals surface area contributed by atoms with Crippen molar-refractivity contribution in [3.8, 4) is 11.3 Å². The Labute approximate surface area is 139 Å². The first-order valence-corrected chi connectivity index (χ1v) is 9.87. The molecule has 0 saturated carbocycles. The van der Waals surface area contributed by atoms with Crippen molar-refractivity contribution in [2.24, 2.45) is 0 Å². The van der Waals surface area contributed by atoms with Gasteiger partial charge in [-0.2, -0.15) is 0 Å². The number of nitrogens with zero attached hydrogens (tertiary/aromatic N) is 1.